The van der Waals surface area contributed by atoms with E-state index in [1.54, 1.807) is 26.4 Å². The van der Waals surface area contributed by atoms with Crippen LogP contribution in [0.4, 0.5) is 21.6 Å². The first-order chi connectivity index (χ1) is 15.2. The largest absolute Gasteiger partial charge is 0.396 e. The van der Waals surface area contributed by atoms with Crippen molar-refractivity contribution in [1.29, 1.82) is 5.41 Å². The van der Waals surface area contributed by atoms with Gasteiger partial charge in [-0.05, 0) is 36.5 Å². The average Bonchev–Trinajstić information content (AvgIpc) is 2.77. The fourth-order valence-corrected chi connectivity index (χ4v) is 3.52. The second kappa shape index (κ2) is 11.2. The van der Waals surface area contributed by atoms with Crippen LogP contribution in [-0.2, 0) is 14.3 Å². The van der Waals surface area contributed by atoms with Gasteiger partial charge < -0.3 is 31.8 Å². The lowest BCUT2D eigenvalue weighted by atomic mass is 9.90. The monoisotopic (exact) mass is 444 g/mol. The molecule has 3 rings (SSSR count). The van der Waals surface area contributed by atoms with Crippen LogP contribution in [0.2, 0.25) is 0 Å². The van der Waals surface area contributed by atoms with Gasteiger partial charge in [-0.3, -0.25) is 9.59 Å². The Bertz CT molecular complexity index is 967. The Morgan fingerprint density at radius 1 is 1.25 bits per heavy atom. The molecule has 1 aromatic heterocycles. The predicted molar refractivity (Wildman–Crippen MR) is 122 cm³/mol. The van der Waals surface area contributed by atoms with E-state index in [-0.39, 0.29) is 40.5 Å². The van der Waals surface area contributed by atoms with Gasteiger partial charge in [0.1, 0.15) is 11.6 Å². The van der Waals surface area contributed by atoms with Crippen LogP contribution in [0.5, 0.6) is 0 Å². The summed E-state index contributed by atoms with van der Waals surface area (Å²) in [4.78, 5) is 31.0. The van der Waals surface area contributed by atoms with Crippen molar-refractivity contribution in [3.8, 4) is 0 Å². The molecule has 1 aliphatic rings. The molecule has 2 heterocycles. The van der Waals surface area contributed by atoms with Crippen LogP contribution in [0, 0.1) is 17.1 Å². The molecule has 0 bridgehead atoms. The third-order valence-electron chi connectivity index (χ3n) is 5.11. The number of hydrogen-bond acceptors (Lipinski definition) is 7. The van der Waals surface area contributed by atoms with E-state index in [9.17, 15) is 14.0 Å². The van der Waals surface area contributed by atoms with E-state index < -0.39 is 11.8 Å². The molecule has 1 saturated heterocycles. The van der Waals surface area contributed by atoms with Crippen molar-refractivity contribution < 1.29 is 18.7 Å². The van der Waals surface area contributed by atoms with Gasteiger partial charge in [-0.15, -0.1) is 0 Å². The smallest absolute Gasteiger partial charge is 0.314 e. The lowest BCUT2D eigenvalue weighted by Gasteiger charge is -2.38. The number of amides is 2. The van der Waals surface area contributed by atoms with E-state index in [0.717, 1.165) is 18.2 Å². The summed E-state index contributed by atoms with van der Waals surface area (Å²) in [6.07, 6.45) is 3.76. The number of carbonyl (C=O) groups is 2. The SMILES string of the molecule is COC.C[C@@H]1CCC(c2ccc(F)cc2)N(C(=O)C(=O)Nc2cnc(N)c(C=N)c2N)C1. The lowest BCUT2D eigenvalue weighted by molar-refractivity contribution is -0.146. The lowest BCUT2D eigenvalue weighted by Crippen LogP contribution is -2.46. The minimum absolute atomic E-state index is 0.0584. The molecule has 0 saturated carbocycles. The Kier molecular flexibility index (Phi) is 8.65. The molecule has 9 nitrogen and oxygen atoms in total. The summed E-state index contributed by atoms with van der Waals surface area (Å²) < 4.78 is 17.5. The minimum Gasteiger partial charge on any atom is -0.396 e. The van der Waals surface area contributed by atoms with Crippen LogP contribution in [0.1, 0.15) is 36.9 Å². The summed E-state index contributed by atoms with van der Waals surface area (Å²) in [5, 5.41) is 9.84. The van der Waals surface area contributed by atoms with Gasteiger partial charge in [0, 0.05) is 27.0 Å². The fourth-order valence-electron chi connectivity index (χ4n) is 3.52. The molecule has 10 heteroatoms. The van der Waals surface area contributed by atoms with Crippen LogP contribution in [0.15, 0.2) is 30.5 Å². The number of ether oxygens (including phenoxy) is 1. The number of likely N-dealkylation sites (tertiary alicyclic amines) is 1. The molecule has 1 fully saturated rings. The van der Waals surface area contributed by atoms with Crippen LogP contribution in [-0.4, -0.2) is 48.7 Å². The van der Waals surface area contributed by atoms with Gasteiger partial charge >= 0.3 is 11.8 Å². The number of nitrogens with zero attached hydrogens (tertiary/aromatic N) is 2. The second-order valence-corrected chi connectivity index (χ2v) is 7.60. The van der Waals surface area contributed by atoms with Crippen molar-refractivity contribution in [2.45, 2.75) is 25.8 Å². The van der Waals surface area contributed by atoms with E-state index in [1.807, 2.05) is 6.92 Å². The first-order valence-electron chi connectivity index (χ1n) is 10.0. The number of nitrogens with one attached hydrogen (secondary N) is 2. The van der Waals surface area contributed by atoms with Gasteiger partial charge in [0.05, 0.1) is 29.2 Å². The van der Waals surface area contributed by atoms with Crippen molar-refractivity contribution in [3.05, 3.63) is 47.4 Å². The van der Waals surface area contributed by atoms with E-state index in [4.69, 9.17) is 16.9 Å². The zero-order chi connectivity index (χ0) is 23.8. The van der Waals surface area contributed by atoms with Gasteiger partial charge in [0.25, 0.3) is 0 Å². The molecule has 6 N–H and O–H groups in total. The molecular formula is C22H29FN6O3. The number of methoxy groups -OCH3 is 1. The quantitative estimate of drug-likeness (QED) is 0.422. The molecule has 172 valence electrons. The molecule has 0 aliphatic carbocycles. The highest BCUT2D eigenvalue weighted by molar-refractivity contribution is 6.40. The Morgan fingerprint density at radius 3 is 2.47 bits per heavy atom. The van der Waals surface area contributed by atoms with Crippen LogP contribution >= 0.6 is 0 Å². The normalized spacial score (nSPS) is 17.7. The van der Waals surface area contributed by atoms with Crippen molar-refractivity contribution in [1.82, 2.24) is 9.88 Å². The van der Waals surface area contributed by atoms with Gasteiger partial charge in [0.15, 0.2) is 0 Å². The molecule has 32 heavy (non-hydrogen) atoms. The first kappa shape index (κ1) is 24.7. The number of benzene rings is 1. The molecule has 2 aromatic rings. The van der Waals surface area contributed by atoms with Gasteiger partial charge in [-0.1, -0.05) is 19.1 Å². The number of carbonyl (C=O) groups excluding carboxylic acids is 2. The van der Waals surface area contributed by atoms with E-state index >= 15 is 0 Å². The summed E-state index contributed by atoms with van der Waals surface area (Å²) >= 11 is 0. The maximum absolute atomic E-state index is 13.3. The number of piperidine rings is 1. The second-order valence-electron chi connectivity index (χ2n) is 7.60. The molecule has 2 amide bonds. The van der Waals surface area contributed by atoms with Crippen LogP contribution in [0.25, 0.3) is 0 Å². The summed E-state index contributed by atoms with van der Waals surface area (Å²) in [5.74, 6) is -1.64. The van der Waals surface area contributed by atoms with E-state index in [1.165, 1.54) is 23.2 Å². The number of nitrogens with two attached hydrogens (primary N) is 2. The zero-order valence-corrected chi connectivity index (χ0v) is 18.4. The van der Waals surface area contributed by atoms with Crippen molar-refractivity contribution in [3.63, 3.8) is 0 Å². The number of hydrogen-bond donors (Lipinski definition) is 4. The number of nitrogen functional groups attached to an aromatic ring is 2. The van der Waals surface area contributed by atoms with Crippen molar-refractivity contribution in [2.24, 2.45) is 5.92 Å². The predicted octanol–water partition coefficient (Wildman–Crippen LogP) is 2.58. The molecule has 1 aliphatic heterocycles. The number of anilines is 3. The maximum atomic E-state index is 13.3. The first-order valence-corrected chi connectivity index (χ1v) is 10.0. The van der Waals surface area contributed by atoms with Crippen molar-refractivity contribution >= 4 is 35.2 Å². The Morgan fingerprint density at radius 2 is 1.88 bits per heavy atom. The Balaban J connectivity index is 0.00000114. The molecular weight excluding hydrogens is 415 g/mol. The zero-order valence-electron chi connectivity index (χ0n) is 18.4. The average molecular weight is 445 g/mol. The molecule has 0 radical (unpaired) electrons. The third-order valence-corrected chi connectivity index (χ3v) is 5.11. The number of aromatic nitrogens is 1. The Labute approximate surface area is 186 Å². The summed E-state index contributed by atoms with van der Waals surface area (Å²) in [7, 11) is 3.25. The third kappa shape index (κ3) is 5.79. The van der Waals surface area contributed by atoms with Crippen molar-refractivity contribution in [2.75, 3.05) is 37.5 Å². The summed E-state index contributed by atoms with van der Waals surface area (Å²) in [6, 6.07) is 5.63. The van der Waals surface area contributed by atoms with Crippen LogP contribution in [0.3, 0.4) is 0 Å². The number of halogens is 1. The summed E-state index contributed by atoms with van der Waals surface area (Å²) in [5.41, 5.74) is 12.7. The standard InChI is InChI=1S/C20H23FN6O2.C2H6O/c1-11-2-7-16(12-3-5-13(21)6-4-12)27(10-11)20(29)19(28)26-15-9-25-18(24)14(8-22)17(15)23;1-3-2/h3-6,8-9,11,16,22H,2,7,10H2,1H3,(H,26,28)(H4,23,24,25);1-2H3/t11-,16?;/m1./s1. The number of pyridine rings is 1. The molecule has 1 unspecified atom stereocenters. The Hall–Kier alpha value is -3.53. The highest BCUT2D eigenvalue weighted by atomic mass is 19.1. The van der Waals surface area contributed by atoms with E-state index in [2.05, 4.69) is 15.0 Å². The molecule has 1 aromatic carbocycles. The highest BCUT2D eigenvalue weighted by Crippen LogP contribution is 2.34. The topological polar surface area (TPSA) is 147 Å². The van der Waals surface area contributed by atoms with Gasteiger partial charge in [0.2, 0.25) is 0 Å². The van der Waals surface area contributed by atoms with Gasteiger partial charge in [-0.25, -0.2) is 9.37 Å². The van der Waals surface area contributed by atoms with Crippen LogP contribution < -0.4 is 16.8 Å². The fraction of sp³-hybridized carbons (Fsp3) is 0.364. The molecule has 2 atom stereocenters. The molecule has 0 spiro atoms. The maximum Gasteiger partial charge on any atom is 0.314 e. The minimum atomic E-state index is -0.861. The summed E-state index contributed by atoms with van der Waals surface area (Å²) in [6.45, 7) is 2.42. The van der Waals surface area contributed by atoms with E-state index in [0.29, 0.717) is 13.0 Å². The number of rotatable bonds is 3. The van der Waals surface area contributed by atoms with Gasteiger partial charge in [-0.2, -0.15) is 0 Å². The highest BCUT2D eigenvalue weighted by Gasteiger charge is 2.34.